The summed E-state index contributed by atoms with van der Waals surface area (Å²) in [5.74, 6) is -1.79. The van der Waals surface area contributed by atoms with E-state index in [0.717, 1.165) is 24.3 Å². The zero-order chi connectivity index (χ0) is 27.4. The average molecular weight is 544 g/mol. The molecule has 0 aliphatic rings. The second kappa shape index (κ2) is 10.8. The van der Waals surface area contributed by atoms with Gasteiger partial charge in [0.25, 0.3) is 5.91 Å². The summed E-state index contributed by atoms with van der Waals surface area (Å²) in [5.41, 5.74) is 0.153. The molecule has 0 saturated carbocycles. The van der Waals surface area contributed by atoms with Gasteiger partial charge in [-0.05, 0) is 60.7 Å². The van der Waals surface area contributed by atoms with E-state index in [1.165, 1.54) is 42.7 Å². The van der Waals surface area contributed by atoms with Gasteiger partial charge in [0, 0.05) is 29.1 Å². The van der Waals surface area contributed by atoms with Crippen molar-refractivity contribution in [1.29, 1.82) is 0 Å². The number of hydrogen-bond donors (Lipinski definition) is 3. The molecular weight excluding hydrogens is 527 g/mol. The molecule has 194 valence electrons. The third kappa shape index (κ3) is 6.19. The van der Waals surface area contributed by atoms with Crippen LogP contribution in [0.3, 0.4) is 0 Å². The molecule has 3 N–H and O–H groups in total. The summed E-state index contributed by atoms with van der Waals surface area (Å²) in [6.07, 6.45) is -1.52. The standard InChI is InChI=1S/C26H17ClF3N3O5/c27-20-7-3-16(9-21(20)33-24(35)15-1-4-17(5-2-15)26(28,29)30)23-31-11-14(12-32-23)13-38-18-6-8-22(34)19(10-18)25(36)37/h1-12,34H,13H2,(H,33,35)(H,36,37). The summed E-state index contributed by atoms with van der Waals surface area (Å²) in [5, 5.41) is 21.4. The molecule has 0 radical (unpaired) electrons. The number of halogens is 4. The number of aromatic carboxylic acids is 1. The van der Waals surface area contributed by atoms with Crippen LogP contribution in [0, 0.1) is 0 Å². The molecule has 0 unspecified atom stereocenters. The van der Waals surface area contributed by atoms with Crippen molar-refractivity contribution in [3.05, 3.63) is 100 Å². The number of benzene rings is 3. The number of ether oxygens (including phenoxy) is 1. The van der Waals surface area contributed by atoms with Crippen molar-refractivity contribution >= 4 is 29.2 Å². The van der Waals surface area contributed by atoms with E-state index in [4.69, 9.17) is 21.4 Å². The third-order valence-electron chi connectivity index (χ3n) is 5.26. The lowest BCUT2D eigenvalue weighted by Crippen LogP contribution is -2.13. The number of carboxylic acids is 1. The van der Waals surface area contributed by atoms with Gasteiger partial charge in [0.05, 0.1) is 16.3 Å². The van der Waals surface area contributed by atoms with Gasteiger partial charge in [0.2, 0.25) is 0 Å². The molecule has 1 aromatic heterocycles. The Bertz CT molecular complexity index is 1490. The highest BCUT2D eigenvalue weighted by atomic mass is 35.5. The number of carbonyl (C=O) groups excluding carboxylic acids is 1. The Kier molecular flexibility index (Phi) is 7.49. The van der Waals surface area contributed by atoms with Crippen LogP contribution in [-0.4, -0.2) is 32.1 Å². The van der Waals surface area contributed by atoms with Crippen molar-refractivity contribution in [3.63, 3.8) is 0 Å². The van der Waals surface area contributed by atoms with Crippen molar-refractivity contribution < 1.29 is 37.7 Å². The number of nitrogens with one attached hydrogen (secondary N) is 1. The van der Waals surface area contributed by atoms with Crippen molar-refractivity contribution in [2.45, 2.75) is 12.8 Å². The highest BCUT2D eigenvalue weighted by Crippen LogP contribution is 2.30. The minimum absolute atomic E-state index is 0.0178. The Morgan fingerprint density at radius 3 is 2.29 bits per heavy atom. The topological polar surface area (TPSA) is 122 Å². The number of phenols is 1. The molecule has 8 nitrogen and oxygen atoms in total. The summed E-state index contributed by atoms with van der Waals surface area (Å²) in [6.45, 7) is 0.0270. The van der Waals surface area contributed by atoms with Crippen LogP contribution in [0.25, 0.3) is 11.4 Å². The van der Waals surface area contributed by atoms with Gasteiger partial charge in [-0.1, -0.05) is 11.6 Å². The van der Waals surface area contributed by atoms with E-state index in [1.807, 2.05) is 0 Å². The van der Waals surface area contributed by atoms with Gasteiger partial charge in [-0.3, -0.25) is 4.79 Å². The van der Waals surface area contributed by atoms with E-state index in [1.54, 1.807) is 6.07 Å². The molecule has 0 spiro atoms. The van der Waals surface area contributed by atoms with Gasteiger partial charge in [0.1, 0.15) is 23.7 Å². The van der Waals surface area contributed by atoms with E-state index in [-0.39, 0.29) is 39.9 Å². The number of alkyl halides is 3. The molecule has 4 aromatic rings. The molecule has 12 heteroatoms. The molecule has 0 saturated heterocycles. The number of rotatable bonds is 7. The summed E-state index contributed by atoms with van der Waals surface area (Å²) in [7, 11) is 0. The van der Waals surface area contributed by atoms with Crippen LogP contribution >= 0.6 is 11.6 Å². The normalized spacial score (nSPS) is 11.2. The Morgan fingerprint density at radius 2 is 1.66 bits per heavy atom. The fraction of sp³-hybridized carbons (Fsp3) is 0.0769. The first-order valence-corrected chi connectivity index (χ1v) is 11.2. The van der Waals surface area contributed by atoms with Crippen LogP contribution in [0.2, 0.25) is 5.02 Å². The number of hydrogen-bond acceptors (Lipinski definition) is 6. The lowest BCUT2D eigenvalue weighted by atomic mass is 10.1. The Morgan fingerprint density at radius 1 is 0.974 bits per heavy atom. The number of carboxylic acid groups (broad SMARTS) is 1. The Balaban J connectivity index is 1.44. The minimum Gasteiger partial charge on any atom is -0.507 e. The zero-order valence-corrected chi connectivity index (χ0v) is 19.9. The molecular formula is C26H17ClF3N3O5. The lowest BCUT2D eigenvalue weighted by Gasteiger charge is -2.11. The van der Waals surface area contributed by atoms with E-state index < -0.39 is 23.6 Å². The Hall–Kier alpha value is -4.64. The van der Waals surface area contributed by atoms with Crippen LogP contribution in [0.5, 0.6) is 11.5 Å². The largest absolute Gasteiger partial charge is 0.507 e. The van der Waals surface area contributed by atoms with Crippen LogP contribution in [0.1, 0.15) is 31.8 Å². The summed E-state index contributed by atoms with van der Waals surface area (Å²) in [4.78, 5) is 32.2. The van der Waals surface area contributed by atoms with Gasteiger partial charge in [-0.25, -0.2) is 14.8 Å². The Labute approximate surface area is 218 Å². The molecule has 0 fully saturated rings. The number of aromatic nitrogens is 2. The zero-order valence-electron chi connectivity index (χ0n) is 19.2. The molecule has 3 aromatic carbocycles. The van der Waals surface area contributed by atoms with Crippen molar-refractivity contribution in [1.82, 2.24) is 9.97 Å². The lowest BCUT2D eigenvalue weighted by molar-refractivity contribution is -0.137. The van der Waals surface area contributed by atoms with Crippen molar-refractivity contribution in [3.8, 4) is 22.9 Å². The predicted molar refractivity (Wildman–Crippen MR) is 131 cm³/mol. The molecule has 0 atom stereocenters. The second-order valence-electron chi connectivity index (χ2n) is 7.91. The number of nitrogens with zero attached hydrogens (tertiary/aromatic N) is 2. The minimum atomic E-state index is -4.51. The molecule has 0 aliphatic carbocycles. The van der Waals surface area contributed by atoms with Crippen LogP contribution < -0.4 is 10.1 Å². The number of aromatic hydroxyl groups is 1. The predicted octanol–water partition coefficient (Wildman–Crippen LogP) is 6.05. The molecule has 4 rings (SSSR count). The molecule has 0 bridgehead atoms. The van der Waals surface area contributed by atoms with Crippen molar-refractivity contribution in [2.75, 3.05) is 5.32 Å². The monoisotopic (exact) mass is 543 g/mol. The van der Waals surface area contributed by atoms with E-state index in [9.17, 15) is 27.9 Å². The maximum Gasteiger partial charge on any atom is 0.416 e. The first-order chi connectivity index (χ1) is 18.0. The van der Waals surface area contributed by atoms with Gasteiger partial charge in [0.15, 0.2) is 5.82 Å². The first-order valence-electron chi connectivity index (χ1n) is 10.8. The first kappa shape index (κ1) is 26.4. The molecule has 1 amide bonds. The second-order valence-corrected chi connectivity index (χ2v) is 8.32. The number of carbonyl (C=O) groups is 2. The smallest absolute Gasteiger partial charge is 0.416 e. The SMILES string of the molecule is O=C(Nc1cc(-c2ncc(COc3ccc(O)c(C(=O)O)c3)cn2)ccc1Cl)c1ccc(C(F)(F)F)cc1. The average Bonchev–Trinajstić information content (AvgIpc) is 2.89. The van der Waals surface area contributed by atoms with Gasteiger partial charge in [-0.2, -0.15) is 13.2 Å². The fourth-order valence-electron chi connectivity index (χ4n) is 3.29. The van der Waals surface area contributed by atoms with Crippen LogP contribution in [-0.2, 0) is 12.8 Å². The van der Waals surface area contributed by atoms with E-state index in [0.29, 0.717) is 17.0 Å². The maximum atomic E-state index is 12.8. The fourth-order valence-corrected chi connectivity index (χ4v) is 3.45. The van der Waals surface area contributed by atoms with Gasteiger partial charge >= 0.3 is 12.1 Å². The third-order valence-corrected chi connectivity index (χ3v) is 5.59. The van der Waals surface area contributed by atoms with Gasteiger partial charge in [-0.15, -0.1) is 0 Å². The van der Waals surface area contributed by atoms with E-state index >= 15 is 0 Å². The summed E-state index contributed by atoms with van der Waals surface area (Å²) in [6, 6.07) is 12.3. The molecule has 0 aliphatic heterocycles. The summed E-state index contributed by atoms with van der Waals surface area (Å²) < 4.78 is 43.8. The molecule has 38 heavy (non-hydrogen) atoms. The summed E-state index contributed by atoms with van der Waals surface area (Å²) >= 11 is 6.19. The quantitative estimate of drug-likeness (QED) is 0.259. The highest BCUT2D eigenvalue weighted by Gasteiger charge is 2.30. The van der Waals surface area contributed by atoms with Crippen LogP contribution in [0.15, 0.2) is 73.1 Å². The van der Waals surface area contributed by atoms with Gasteiger partial charge < -0.3 is 20.3 Å². The van der Waals surface area contributed by atoms with E-state index in [2.05, 4.69) is 15.3 Å². The maximum absolute atomic E-state index is 12.8. The molecule has 1 heterocycles. The van der Waals surface area contributed by atoms with Crippen LogP contribution in [0.4, 0.5) is 18.9 Å². The number of anilines is 1. The van der Waals surface area contributed by atoms with Crippen molar-refractivity contribution in [2.24, 2.45) is 0 Å². The highest BCUT2D eigenvalue weighted by molar-refractivity contribution is 6.34. The number of amides is 1.